The number of hydrogen-bond acceptors (Lipinski definition) is 2. The second kappa shape index (κ2) is 6.10. The molecule has 21 heavy (non-hydrogen) atoms. The highest BCUT2D eigenvalue weighted by Crippen LogP contribution is 2.25. The second-order valence-electron chi connectivity index (χ2n) is 5.16. The molecule has 3 aromatic rings. The van der Waals surface area contributed by atoms with Crippen LogP contribution >= 0.6 is 0 Å². The van der Waals surface area contributed by atoms with Gasteiger partial charge in [-0.3, -0.25) is 4.90 Å². The molecule has 2 heterocycles. The van der Waals surface area contributed by atoms with Crippen molar-refractivity contribution in [2.24, 2.45) is 0 Å². The first-order chi connectivity index (χ1) is 10.3. The summed E-state index contributed by atoms with van der Waals surface area (Å²) in [6.07, 6.45) is 2.10. The Morgan fingerprint density at radius 3 is 2.38 bits per heavy atom. The van der Waals surface area contributed by atoms with Gasteiger partial charge in [-0.2, -0.15) is 0 Å². The minimum Gasteiger partial charge on any atom is -0.302 e. The van der Waals surface area contributed by atoms with Gasteiger partial charge < -0.3 is 4.40 Å². The third-order valence-electron chi connectivity index (χ3n) is 3.94. The van der Waals surface area contributed by atoms with Crippen LogP contribution in [-0.2, 0) is 6.54 Å². The summed E-state index contributed by atoms with van der Waals surface area (Å²) in [4.78, 5) is 7.26. The minimum absolute atomic E-state index is 0.919. The van der Waals surface area contributed by atoms with E-state index in [4.69, 9.17) is 4.98 Å². The highest BCUT2D eigenvalue weighted by Gasteiger charge is 2.15. The number of hydrogen-bond donors (Lipinski definition) is 0. The normalized spacial score (nSPS) is 11.4. The third kappa shape index (κ3) is 2.69. The zero-order chi connectivity index (χ0) is 14.7. The van der Waals surface area contributed by atoms with E-state index in [2.05, 4.69) is 65.7 Å². The first kappa shape index (κ1) is 13.8. The number of rotatable bonds is 5. The Bertz CT molecular complexity index is 712. The van der Waals surface area contributed by atoms with Crippen LogP contribution in [0.25, 0.3) is 16.9 Å². The van der Waals surface area contributed by atoms with E-state index in [0.717, 1.165) is 31.0 Å². The molecule has 3 nitrogen and oxygen atoms in total. The van der Waals surface area contributed by atoms with Crippen molar-refractivity contribution in [3.63, 3.8) is 0 Å². The van der Waals surface area contributed by atoms with Gasteiger partial charge in [0.15, 0.2) is 0 Å². The number of benzene rings is 1. The van der Waals surface area contributed by atoms with Crippen LogP contribution in [0.1, 0.15) is 19.5 Å². The quantitative estimate of drug-likeness (QED) is 0.707. The van der Waals surface area contributed by atoms with E-state index in [1.807, 2.05) is 12.1 Å². The smallest absolute Gasteiger partial charge is 0.137 e. The number of pyridine rings is 1. The summed E-state index contributed by atoms with van der Waals surface area (Å²) in [6, 6.07) is 16.6. The van der Waals surface area contributed by atoms with Crippen LogP contribution in [0.5, 0.6) is 0 Å². The predicted molar refractivity (Wildman–Crippen MR) is 87.3 cm³/mol. The Morgan fingerprint density at radius 2 is 1.67 bits per heavy atom. The maximum absolute atomic E-state index is 4.84. The molecule has 0 bridgehead atoms. The molecular formula is C18H21N3. The molecule has 0 radical (unpaired) electrons. The molecule has 0 atom stereocenters. The van der Waals surface area contributed by atoms with Crippen LogP contribution in [0.3, 0.4) is 0 Å². The molecular weight excluding hydrogens is 258 g/mol. The summed E-state index contributed by atoms with van der Waals surface area (Å²) in [5.41, 5.74) is 4.55. The molecule has 0 saturated heterocycles. The van der Waals surface area contributed by atoms with E-state index in [9.17, 15) is 0 Å². The lowest BCUT2D eigenvalue weighted by atomic mass is 10.1. The molecule has 3 heteroatoms. The monoisotopic (exact) mass is 279 g/mol. The van der Waals surface area contributed by atoms with E-state index in [-0.39, 0.29) is 0 Å². The Morgan fingerprint density at radius 1 is 0.952 bits per heavy atom. The van der Waals surface area contributed by atoms with Gasteiger partial charge in [-0.15, -0.1) is 0 Å². The SMILES string of the molecule is CCN(CC)Cc1c(-c2ccccc2)nc2ccccn12. The molecule has 0 aliphatic heterocycles. The van der Waals surface area contributed by atoms with Crippen LogP contribution in [0.2, 0.25) is 0 Å². The minimum atomic E-state index is 0.919. The summed E-state index contributed by atoms with van der Waals surface area (Å²) < 4.78 is 2.21. The lowest BCUT2D eigenvalue weighted by Gasteiger charge is -2.18. The molecule has 2 aromatic heterocycles. The molecule has 0 amide bonds. The molecule has 0 saturated carbocycles. The average molecular weight is 279 g/mol. The largest absolute Gasteiger partial charge is 0.302 e. The summed E-state index contributed by atoms with van der Waals surface area (Å²) in [6.45, 7) is 7.42. The van der Waals surface area contributed by atoms with Crippen molar-refractivity contribution < 1.29 is 0 Å². The Labute approximate surface area is 125 Å². The molecule has 0 unspecified atom stereocenters. The average Bonchev–Trinajstić information content (AvgIpc) is 2.92. The van der Waals surface area contributed by atoms with Crippen molar-refractivity contribution in [3.05, 3.63) is 60.4 Å². The molecule has 0 aliphatic rings. The Kier molecular flexibility index (Phi) is 4.02. The van der Waals surface area contributed by atoms with E-state index in [1.165, 1.54) is 11.3 Å². The van der Waals surface area contributed by atoms with Crippen molar-refractivity contribution in [3.8, 4) is 11.3 Å². The number of aromatic nitrogens is 2. The van der Waals surface area contributed by atoms with E-state index in [0.29, 0.717) is 0 Å². The van der Waals surface area contributed by atoms with Gasteiger partial charge in [0.1, 0.15) is 5.65 Å². The van der Waals surface area contributed by atoms with Crippen LogP contribution in [-0.4, -0.2) is 27.4 Å². The summed E-state index contributed by atoms with van der Waals surface area (Å²) >= 11 is 0. The fraction of sp³-hybridized carbons (Fsp3) is 0.278. The number of nitrogens with zero attached hydrogens (tertiary/aromatic N) is 3. The van der Waals surface area contributed by atoms with Crippen LogP contribution in [0.15, 0.2) is 54.7 Å². The fourth-order valence-corrected chi connectivity index (χ4v) is 2.68. The van der Waals surface area contributed by atoms with Gasteiger partial charge >= 0.3 is 0 Å². The van der Waals surface area contributed by atoms with Crippen molar-refractivity contribution in [1.82, 2.24) is 14.3 Å². The number of imidazole rings is 1. The highest BCUT2D eigenvalue weighted by molar-refractivity contribution is 5.66. The topological polar surface area (TPSA) is 20.5 Å². The van der Waals surface area contributed by atoms with Gasteiger partial charge in [-0.05, 0) is 25.2 Å². The first-order valence-corrected chi connectivity index (χ1v) is 7.57. The summed E-state index contributed by atoms with van der Waals surface area (Å²) in [5.74, 6) is 0. The highest BCUT2D eigenvalue weighted by atomic mass is 15.1. The molecule has 108 valence electrons. The van der Waals surface area contributed by atoms with Crippen LogP contribution in [0, 0.1) is 0 Å². The van der Waals surface area contributed by atoms with Crippen molar-refractivity contribution in [2.75, 3.05) is 13.1 Å². The van der Waals surface area contributed by atoms with Gasteiger partial charge in [-0.1, -0.05) is 50.2 Å². The zero-order valence-electron chi connectivity index (χ0n) is 12.7. The maximum atomic E-state index is 4.84. The zero-order valence-corrected chi connectivity index (χ0v) is 12.7. The summed E-state index contributed by atoms with van der Waals surface area (Å²) in [7, 11) is 0. The van der Waals surface area contributed by atoms with E-state index in [1.54, 1.807) is 0 Å². The maximum Gasteiger partial charge on any atom is 0.137 e. The van der Waals surface area contributed by atoms with Gasteiger partial charge in [0, 0.05) is 18.3 Å². The Hall–Kier alpha value is -2.13. The van der Waals surface area contributed by atoms with E-state index >= 15 is 0 Å². The second-order valence-corrected chi connectivity index (χ2v) is 5.16. The third-order valence-corrected chi connectivity index (χ3v) is 3.94. The summed E-state index contributed by atoms with van der Waals surface area (Å²) in [5, 5.41) is 0. The standard InChI is InChI=1S/C18H21N3/c1-3-20(4-2)14-16-18(15-10-6-5-7-11-15)19-17-12-8-9-13-21(16)17/h5-13H,3-4,14H2,1-2H3. The fourth-order valence-electron chi connectivity index (χ4n) is 2.68. The molecule has 0 aliphatic carbocycles. The molecule has 0 N–H and O–H groups in total. The van der Waals surface area contributed by atoms with Gasteiger partial charge in [-0.25, -0.2) is 4.98 Å². The van der Waals surface area contributed by atoms with Crippen molar-refractivity contribution in [2.45, 2.75) is 20.4 Å². The predicted octanol–water partition coefficient (Wildman–Crippen LogP) is 3.84. The van der Waals surface area contributed by atoms with Crippen LogP contribution < -0.4 is 0 Å². The molecule has 3 rings (SSSR count). The van der Waals surface area contributed by atoms with Gasteiger partial charge in [0.2, 0.25) is 0 Å². The van der Waals surface area contributed by atoms with Crippen molar-refractivity contribution in [1.29, 1.82) is 0 Å². The van der Waals surface area contributed by atoms with E-state index < -0.39 is 0 Å². The lowest BCUT2D eigenvalue weighted by Crippen LogP contribution is -2.23. The molecule has 1 aromatic carbocycles. The number of fused-ring (bicyclic) bond motifs is 1. The van der Waals surface area contributed by atoms with Crippen molar-refractivity contribution >= 4 is 5.65 Å². The van der Waals surface area contributed by atoms with Gasteiger partial charge in [0.05, 0.1) is 11.4 Å². The Balaban J connectivity index is 2.14. The first-order valence-electron chi connectivity index (χ1n) is 7.57. The molecule has 0 spiro atoms. The molecule has 0 fully saturated rings. The lowest BCUT2D eigenvalue weighted by molar-refractivity contribution is 0.292. The van der Waals surface area contributed by atoms with Crippen LogP contribution in [0.4, 0.5) is 0 Å². The van der Waals surface area contributed by atoms with Gasteiger partial charge in [0.25, 0.3) is 0 Å².